The van der Waals surface area contributed by atoms with Crippen molar-refractivity contribution in [2.75, 3.05) is 0 Å². The monoisotopic (exact) mass is 425 g/mol. The van der Waals surface area contributed by atoms with E-state index in [9.17, 15) is 9.59 Å². The molecule has 0 radical (unpaired) electrons. The molecular weight excluding hydrogens is 406 g/mol. The number of aromatic carboxylic acids is 1. The van der Waals surface area contributed by atoms with Crippen LogP contribution in [-0.4, -0.2) is 26.8 Å². The van der Waals surface area contributed by atoms with Crippen LogP contribution in [0.5, 0.6) is 11.6 Å². The van der Waals surface area contributed by atoms with Crippen molar-refractivity contribution in [1.29, 1.82) is 0 Å². The van der Waals surface area contributed by atoms with E-state index in [4.69, 9.17) is 21.4 Å². The second-order valence-corrected chi connectivity index (χ2v) is 7.80. The highest BCUT2D eigenvalue weighted by Crippen LogP contribution is 2.46. The Balaban J connectivity index is 1.60. The third-order valence-electron chi connectivity index (χ3n) is 5.19. The van der Waals surface area contributed by atoms with Gasteiger partial charge in [-0.3, -0.25) is 4.79 Å². The fourth-order valence-electron chi connectivity index (χ4n) is 3.48. The van der Waals surface area contributed by atoms with Gasteiger partial charge in [0.2, 0.25) is 5.88 Å². The topological polar surface area (TPSA) is 93.5 Å². The van der Waals surface area contributed by atoms with Gasteiger partial charge in [0.25, 0.3) is 5.91 Å². The molecule has 2 N–H and O–H groups in total. The molecule has 0 aliphatic heterocycles. The van der Waals surface area contributed by atoms with Crippen molar-refractivity contribution in [3.8, 4) is 11.6 Å². The van der Waals surface area contributed by atoms with Crippen LogP contribution in [0.2, 0.25) is 5.02 Å². The molecule has 0 spiro atoms. The Kier molecular flexibility index (Phi) is 4.99. The van der Waals surface area contributed by atoms with Crippen molar-refractivity contribution in [1.82, 2.24) is 15.1 Å². The number of aromatic nitrogens is 2. The summed E-state index contributed by atoms with van der Waals surface area (Å²) in [6.07, 6.45) is 1.55. The lowest BCUT2D eigenvalue weighted by molar-refractivity contribution is 0.0696. The van der Waals surface area contributed by atoms with Crippen LogP contribution in [0.1, 0.15) is 44.8 Å². The molecule has 1 fully saturated rings. The van der Waals surface area contributed by atoms with Crippen LogP contribution in [-0.2, 0) is 12.6 Å². The molecule has 0 bridgehead atoms. The lowest BCUT2D eigenvalue weighted by atomic mass is 10.0. The van der Waals surface area contributed by atoms with Crippen LogP contribution in [0.4, 0.5) is 0 Å². The average Bonchev–Trinajstić information content (AvgIpc) is 3.42. The third kappa shape index (κ3) is 3.76. The zero-order valence-electron chi connectivity index (χ0n) is 16.5. The second-order valence-electron chi connectivity index (χ2n) is 7.37. The van der Waals surface area contributed by atoms with E-state index in [2.05, 4.69) is 10.4 Å². The molecule has 1 saturated carbocycles. The number of carbonyl (C=O) groups is 2. The number of hydrogen-bond acceptors (Lipinski definition) is 4. The number of halogens is 1. The van der Waals surface area contributed by atoms with Gasteiger partial charge in [-0.2, -0.15) is 5.10 Å². The maximum Gasteiger partial charge on any atom is 0.335 e. The molecule has 1 amide bonds. The Labute approximate surface area is 178 Å². The Hall–Kier alpha value is -3.32. The van der Waals surface area contributed by atoms with Gasteiger partial charge >= 0.3 is 5.97 Å². The Morgan fingerprint density at radius 2 is 1.90 bits per heavy atom. The normalized spacial score (nSPS) is 14.2. The number of carboxylic acid groups (broad SMARTS) is 1. The number of benzene rings is 2. The molecule has 7 nitrogen and oxygen atoms in total. The highest BCUT2D eigenvalue weighted by molar-refractivity contribution is 6.30. The molecule has 0 saturated heterocycles. The van der Waals surface area contributed by atoms with Gasteiger partial charge in [0, 0.05) is 12.1 Å². The molecule has 4 rings (SSSR count). The molecule has 8 heteroatoms. The second kappa shape index (κ2) is 7.50. The lowest BCUT2D eigenvalue weighted by Crippen LogP contribution is -2.35. The molecular formula is C22H20ClN3O4. The summed E-state index contributed by atoms with van der Waals surface area (Å²) in [6.45, 7) is 1.75. The summed E-state index contributed by atoms with van der Waals surface area (Å²) in [5.41, 5.74) is 1.47. The Morgan fingerprint density at radius 3 is 2.50 bits per heavy atom. The average molecular weight is 426 g/mol. The maximum absolute atomic E-state index is 13.2. The first-order chi connectivity index (χ1) is 14.3. The molecule has 3 aromatic rings. The molecule has 0 unspecified atom stereocenters. The number of carbonyl (C=O) groups excluding carboxylic acids is 1. The minimum absolute atomic E-state index is 0.209. The van der Waals surface area contributed by atoms with Crippen LogP contribution in [0.25, 0.3) is 0 Å². The van der Waals surface area contributed by atoms with E-state index in [1.807, 2.05) is 0 Å². The fraction of sp³-hybridized carbons (Fsp3) is 0.227. The summed E-state index contributed by atoms with van der Waals surface area (Å²) in [7, 11) is 1.71. The number of aryl methyl sites for hydroxylation is 2. The van der Waals surface area contributed by atoms with E-state index in [1.165, 1.54) is 4.68 Å². The van der Waals surface area contributed by atoms with Gasteiger partial charge < -0.3 is 15.2 Å². The van der Waals surface area contributed by atoms with E-state index in [0.29, 0.717) is 27.9 Å². The van der Waals surface area contributed by atoms with Crippen molar-refractivity contribution in [3.63, 3.8) is 0 Å². The number of carboxylic acids is 1. The zero-order chi connectivity index (χ0) is 21.5. The number of amides is 1. The minimum atomic E-state index is -0.982. The quantitative estimate of drug-likeness (QED) is 0.614. The third-order valence-corrected chi connectivity index (χ3v) is 5.43. The number of hydrogen-bond donors (Lipinski definition) is 2. The number of nitrogens with one attached hydrogen (secondary N) is 1. The Bertz CT molecular complexity index is 1130. The smallest absolute Gasteiger partial charge is 0.335 e. The van der Waals surface area contributed by atoms with Gasteiger partial charge in [-0.25, -0.2) is 9.48 Å². The molecule has 1 aliphatic rings. The van der Waals surface area contributed by atoms with Crippen LogP contribution in [0, 0.1) is 6.92 Å². The first kappa shape index (κ1) is 20.0. The van der Waals surface area contributed by atoms with Crippen molar-refractivity contribution < 1.29 is 19.4 Å². The van der Waals surface area contributed by atoms with Crippen molar-refractivity contribution in [3.05, 3.63) is 75.9 Å². The highest BCUT2D eigenvalue weighted by atomic mass is 35.5. The van der Waals surface area contributed by atoms with Crippen molar-refractivity contribution in [2.24, 2.45) is 7.05 Å². The molecule has 2 aromatic carbocycles. The van der Waals surface area contributed by atoms with E-state index in [-0.39, 0.29) is 11.5 Å². The van der Waals surface area contributed by atoms with Gasteiger partial charge in [-0.05, 0) is 55.7 Å². The van der Waals surface area contributed by atoms with Gasteiger partial charge in [0.05, 0.1) is 16.8 Å². The molecule has 30 heavy (non-hydrogen) atoms. The van der Waals surface area contributed by atoms with E-state index >= 15 is 0 Å². The van der Waals surface area contributed by atoms with E-state index in [1.54, 1.807) is 62.5 Å². The van der Waals surface area contributed by atoms with Crippen LogP contribution >= 0.6 is 11.6 Å². The van der Waals surface area contributed by atoms with Gasteiger partial charge in [-0.1, -0.05) is 29.8 Å². The van der Waals surface area contributed by atoms with Crippen LogP contribution < -0.4 is 10.1 Å². The van der Waals surface area contributed by atoms with E-state index in [0.717, 1.165) is 18.4 Å². The molecule has 154 valence electrons. The summed E-state index contributed by atoms with van der Waals surface area (Å²) in [5, 5.41) is 17.0. The SMILES string of the molecule is Cc1nn(C)c(Oc2cccc(Cl)c2)c1C(=O)NC1(c2ccc(C(=O)O)cc2)CC1. The van der Waals surface area contributed by atoms with Crippen LogP contribution in [0.3, 0.4) is 0 Å². The standard InChI is InChI=1S/C22H20ClN3O4/c1-13-18(20(26(2)25-13)30-17-5-3-4-16(23)12-17)19(27)24-22(10-11-22)15-8-6-14(7-9-15)21(28)29/h3-9,12H,10-11H2,1-2H3,(H,24,27)(H,28,29). The van der Waals surface area contributed by atoms with Crippen LogP contribution in [0.15, 0.2) is 48.5 Å². The first-order valence-corrected chi connectivity index (χ1v) is 9.80. The summed E-state index contributed by atoms with van der Waals surface area (Å²) >= 11 is 6.03. The lowest BCUT2D eigenvalue weighted by Gasteiger charge is -2.19. The largest absolute Gasteiger partial charge is 0.478 e. The van der Waals surface area contributed by atoms with Gasteiger partial charge in [0.1, 0.15) is 11.3 Å². The highest BCUT2D eigenvalue weighted by Gasteiger charge is 2.46. The molecule has 1 aromatic heterocycles. The first-order valence-electron chi connectivity index (χ1n) is 9.42. The fourth-order valence-corrected chi connectivity index (χ4v) is 3.66. The maximum atomic E-state index is 13.2. The zero-order valence-corrected chi connectivity index (χ0v) is 17.2. The molecule has 1 aliphatic carbocycles. The number of nitrogens with zero attached hydrogens (tertiary/aromatic N) is 2. The summed E-state index contributed by atoms with van der Waals surface area (Å²) in [5.74, 6) is -0.448. The van der Waals surface area contributed by atoms with Crippen molar-refractivity contribution in [2.45, 2.75) is 25.3 Å². The minimum Gasteiger partial charge on any atom is -0.478 e. The molecule has 1 heterocycles. The van der Waals surface area contributed by atoms with Gasteiger partial charge in [0.15, 0.2) is 0 Å². The Morgan fingerprint density at radius 1 is 1.20 bits per heavy atom. The summed E-state index contributed by atoms with van der Waals surface area (Å²) < 4.78 is 7.46. The predicted octanol–water partition coefficient (Wildman–Crippen LogP) is 4.29. The molecule has 0 atom stereocenters. The summed E-state index contributed by atoms with van der Waals surface area (Å²) in [4.78, 5) is 24.3. The number of rotatable bonds is 6. The predicted molar refractivity (Wildman–Crippen MR) is 111 cm³/mol. The van der Waals surface area contributed by atoms with Crippen molar-refractivity contribution >= 4 is 23.5 Å². The number of ether oxygens (including phenoxy) is 1. The summed E-state index contributed by atoms with van der Waals surface area (Å²) in [6, 6.07) is 13.5. The van der Waals surface area contributed by atoms with E-state index < -0.39 is 11.5 Å². The van der Waals surface area contributed by atoms with Gasteiger partial charge in [-0.15, -0.1) is 0 Å².